The summed E-state index contributed by atoms with van der Waals surface area (Å²) in [6.45, 7) is 1.62. The zero-order chi connectivity index (χ0) is 18.7. The Labute approximate surface area is 151 Å². The van der Waals surface area contributed by atoms with Gasteiger partial charge in [-0.25, -0.2) is 4.39 Å². The molecule has 0 radical (unpaired) electrons. The molecule has 7 heteroatoms. The van der Waals surface area contributed by atoms with Crippen molar-refractivity contribution in [3.8, 4) is 5.75 Å². The van der Waals surface area contributed by atoms with Crippen LogP contribution in [0.4, 0.5) is 4.39 Å². The lowest BCUT2D eigenvalue weighted by Gasteiger charge is -2.20. The van der Waals surface area contributed by atoms with Gasteiger partial charge in [0.1, 0.15) is 11.6 Å². The molecule has 26 heavy (non-hydrogen) atoms. The number of nitrogens with zero attached hydrogens (tertiary/aromatic N) is 1. The highest BCUT2D eigenvalue weighted by molar-refractivity contribution is 6.43. The summed E-state index contributed by atoms with van der Waals surface area (Å²) >= 11 is 0. The third kappa shape index (κ3) is 3.86. The van der Waals surface area contributed by atoms with Crippen LogP contribution in [-0.4, -0.2) is 48.7 Å². The van der Waals surface area contributed by atoms with Gasteiger partial charge < -0.3 is 15.0 Å². The Kier molecular flexibility index (Phi) is 5.54. The lowest BCUT2D eigenvalue weighted by Crippen LogP contribution is -2.39. The highest BCUT2D eigenvalue weighted by atomic mass is 19.1. The summed E-state index contributed by atoms with van der Waals surface area (Å²) in [6, 6.07) is 3.26. The highest BCUT2D eigenvalue weighted by Crippen LogP contribution is 2.29. The van der Waals surface area contributed by atoms with Gasteiger partial charge in [-0.2, -0.15) is 0 Å². The van der Waals surface area contributed by atoms with Crippen LogP contribution in [0.5, 0.6) is 5.75 Å². The lowest BCUT2D eigenvalue weighted by molar-refractivity contribution is -0.134. The van der Waals surface area contributed by atoms with Gasteiger partial charge in [0.2, 0.25) is 5.91 Å². The zero-order valence-electron chi connectivity index (χ0n) is 14.8. The monoisotopic (exact) mass is 362 g/mol. The lowest BCUT2D eigenvalue weighted by atomic mass is 10.1. The molecule has 1 saturated carbocycles. The van der Waals surface area contributed by atoms with Crippen LogP contribution in [0.2, 0.25) is 0 Å². The maximum absolute atomic E-state index is 13.4. The summed E-state index contributed by atoms with van der Waals surface area (Å²) in [4.78, 5) is 39.0. The number of halogens is 1. The number of nitrogens with one attached hydrogen (secondary N) is 1. The largest absolute Gasteiger partial charge is 0.496 e. The van der Waals surface area contributed by atoms with Crippen molar-refractivity contribution in [2.24, 2.45) is 5.92 Å². The first-order valence-electron chi connectivity index (χ1n) is 8.97. The van der Waals surface area contributed by atoms with Crippen molar-refractivity contribution < 1.29 is 23.5 Å². The standard InChI is InChI=1S/C19H23FN2O4/c1-26-16-7-5-13(20)11-15(16)17(23)18(24)21-14-6-4-12(10-14)19(25)22-8-2-3-9-22/h5,7,11-12,14H,2-4,6,8-10H2,1H3,(H,21,24)/t12-,14+/m1/s1. The number of carbonyl (C=O) groups excluding carboxylic acids is 3. The quantitative estimate of drug-likeness (QED) is 0.641. The first kappa shape index (κ1) is 18.4. The van der Waals surface area contributed by atoms with E-state index in [1.165, 1.54) is 19.2 Å². The minimum atomic E-state index is -0.837. The molecule has 6 nitrogen and oxygen atoms in total. The molecule has 2 fully saturated rings. The Bertz CT molecular complexity index is 715. The van der Waals surface area contributed by atoms with Crippen molar-refractivity contribution in [2.75, 3.05) is 20.2 Å². The van der Waals surface area contributed by atoms with E-state index in [1.807, 2.05) is 4.90 Å². The average molecular weight is 362 g/mol. The Morgan fingerprint density at radius 3 is 2.62 bits per heavy atom. The molecule has 140 valence electrons. The molecule has 1 aromatic rings. The van der Waals surface area contributed by atoms with Gasteiger partial charge >= 0.3 is 0 Å². The van der Waals surface area contributed by atoms with Gasteiger partial charge in [-0.1, -0.05) is 0 Å². The molecule has 0 bridgehead atoms. The number of amides is 2. The van der Waals surface area contributed by atoms with Gasteiger partial charge in [-0.3, -0.25) is 14.4 Å². The van der Waals surface area contributed by atoms with E-state index in [2.05, 4.69) is 5.32 Å². The fourth-order valence-electron chi connectivity index (χ4n) is 3.76. The molecular formula is C19H23FN2O4. The smallest absolute Gasteiger partial charge is 0.292 e. The van der Waals surface area contributed by atoms with Crippen molar-refractivity contribution >= 4 is 17.6 Å². The molecule has 1 saturated heterocycles. The fraction of sp³-hybridized carbons (Fsp3) is 0.526. The van der Waals surface area contributed by atoms with Crippen molar-refractivity contribution in [1.29, 1.82) is 0 Å². The minimum Gasteiger partial charge on any atom is -0.496 e. The second-order valence-corrected chi connectivity index (χ2v) is 6.89. The van der Waals surface area contributed by atoms with E-state index in [4.69, 9.17) is 4.74 Å². The molecule has 3 rings (SSSR count). The van der Waals surface area contributed by atoms with E-state index in [1.54, 1.807) is 0 Å². The minimum absolute atomic E-state index is 0.0998. The van der Waals surface area contributed by atoms with E-state index in [0.29, 0.717) is 19.3 Å². The molecule has 2 atom stereocenters. The van der Waals surface area contributed by atoms with Crippen LogP contribution in [0.15, 0.2) is 18.2 Å². The normalized spacial score (nSPS) is 22.3. The second kappa shape index (κ2) is 7.85. The van der Waals surface area contributed by atoms with E-state index < -0.39 is 17.5 Å². The Morgan fingerprint density at radius 2 is 1.92 bits per heavy atom. The predicted molar refractivity (Wildman–Crippen MR) is 92.4 cm³/mol. The van der Waals surface area contributed by atoms with Gasteiger partial charge in [-0.15, -0.1) is 0 Å². The number of benzene rings is 1. The third-order valence-corrected chi connectivity index (χ3v) is 5.15. The molecule has 2 amide bonds. The molecule has 1 N–H and O–H groups in total. The molecule has 2 aliphatic rings. The number of ketones is 1. The van der Waals surface area contributed by atoms with Crippen LogP contribution in [0, 0.1) is 11.7 Å². The summed E-state index contributed by atoms with van der Waals surface area (Å²) in [6.07, 6.45) is 3.99. The summed E-state index contributed by atoms with van der Waals surface area (Å²) < 4.78 is 18.4. The molecule has 0 unspecified atom stereocenters. The number of ether oxygens (including phenoxy) is 1. The van der Waals surface area contributed by atoms with Crippen LogP contribution < -0.4 is 10.1 Å². The first-order chi connectivity index (χ1) is 12.5. The number of rotatable bonds is 5. The van der Waals surface area contributed by atoms with Gasteiger partial charge in [0, 0.05) is 25.0 Å². The molecule has 1 aromatic carbocycles. The summed E-state index contributed by atoms with van der Waals surface area (Å²) in [5.74, 6) is -2.04. The molecule has 1 heterocycles. The maximum Gasteiger partial charge on any atom is 0.292 e. The number of Topliss-reactive ketones (excluding diaryl/α,β-unsaturated/α-hetero) is 1. The predicted octanol–water partition coefficient (Wildman–Crippen LogP) is 1.92. The van der Waals surface area contributed by atoms with Crippen LogP contribution >= 0.6 is 0 Å². The molecule has 1 aliphatic heterocycles. The van der Waals surface area contributed by atoms with Crippen molar-refractivity contribution in [1.82, 2.24) is 10.2 Å². The number of methoxy groups -OCH3 is 1. The van der Waals surface area contributed by atoms with Crippen molar-refractivity contribution in [2.45, 2.75) is 38.1 Å². The van der Waals surface area contributed by atoms with E-state index in [9.17, 15) is 18.8 Å². The Morgan fingerprint density at radius 1 is 1.19 bits per heavy atom. The van der Waals surface area contributed by atoms with E-state index >= 15 is 0 Å². The first-order valence-corrected chi connectivity index (χ1v) is 8.97. The van der Waals surface area contributed by atoms with Crippen LogP contribution in [-0.2, 0) is 9.59 Å². The molecule has 1 aliphatic carbocycles. The third-order valence-electron chi connectivity index (χ3n) is 5.15. The Balaban J connectivity index is 1.59. The van der Waals surface area contributed by atoms with Crippen LogP contribution in [0.25, 0.3) is 0 Å². The van der Waals surface area contributed by atoms with Crippen LogP contribution in [0.1, 0.15) is 42.5 Å². The van der Waals surface area contributed by atoms with E-state index in [0.717, 1.165) is 32.0 Å². The summed E-state index contributed by atoms with van der Waals surface area (Å²) in [5, 5.41) is 2.69. The van der Waals surface area contributed by atoms with Gasteiger partial charge in [0.15, 0.2) is 0 Å². The van der Waals surface area contributed by atoms with E-state index in [-0.39, 0.29) is 29.2 Å². The zero-order valence-corrected chi connectivity index (χ0v) is 14.8. The fourth-order valence-corrected chi connectivity index (χ4v) is 3.76. The number of hydrogen-bond acceptors (Lipinski definition) is 4. The summed E-state index contributed by atoms with van der Waals surface area (Å²) in [5.41, 5.74) is -0.104. The average Bonchev–Trinajstić information content (AvgIpc) is 3.32. The molecule has 0 spiro atoms. The number of hydrogen-bond donors (Lipinski definition) is 1. The summed E-state index contributed by atoms with van der Waals surface area (Å²) in [7, 11) is 1.35. The Hall–Kier alpha value is -2.44. The highest BCUT2D eigenvalue weighted by Gasteiger charge is 2.35. The second-order valence-electron chi connectivity index (χ2n) is 6.89. The van der Waals surface area contributed by atoms with Gasteiger partial charge in [-0.05, 0) is 50.3 Å². The number of likely N-dealkylation sites (tertiary alicyclic amines) is 1. The molecular weight excluding hydrogens is 339 g/mol. The van der Waals surface area contributed by atoms with Crippen LogP contribution in [0.3, 0.4) is 0 Å². The van der Waals surface area contributed by atoms with Gasteiger partial charge in [0.25, 0.3) is 11.7 Å². The number of carbonyl (C=O) groups is 3. The van der Waals surface area contributed by atoms with Crippen molar-refractivity contribution in [3.05, 3.63) is 29.6 Å². The topological polar surface area (TPSA) is 75.7 Å². The SMILES string of the molecule is COc1ccc(F)cc1C(=O)C(=O)N[C@H]1CC[C@@H](C(=O)N2CCCC2)C1. The molecule has 0 aromatic heterocycles. The van der Waals surface area contributed by atoms with Crippen molar-refractivity contribution in [3.63, 3.8) is 0 Å². The maximum atomic E-state index is 13.4. The van der Waals surface area contributed by atoms with Gasteiger partial charge in [0.05, 0.1) is 12.7 Å².